The van der Waals surface area contributed by atoms with Crippen LogP contribution in [0.5, 0.6) is 0 Å². The van der Waals surface area contributed by atoms with E-state index in [1.807, 2.05) is 6.92 Å². The fraction of sp³-hybridized carbons (Fsp3) is 0.471. The molecule has 1 fully saturated rings. The molecule has 0 unspecified atom stereocenters. The van der Waals surface area contributed by atoms with Gasteiger partial charge in [0, 0.05) is 23.2 Å². The minimum atomic E-state index is -0.226. The van der Waals surface area contributed by atoms with Crippen LogP contribution in [0.15, 0.2) is 24.3 Å². The average molecular weight is 352 g/mol. The maximum atomic E-state index is 12.5. The highest BCUT2D eigenvalue weighted by Crippen LogP contribution is 2.21. The topological polar surface area (TPSA) is 60.9 Å². The van der Waals surface area contributed by atoms with E-state index in [2.05, 4.69) is 0 Å². The molecule has 0 bridgehead atoms. The van der Waals surface area contributed by atoms with Crippen LogP contribution >= 0.6 is 11.6 Å². The summed E-state index contributed by atoms with van der Waals surface area (Å²) in [6, 6.07) is 6.90. The molecule has 0 N–H and O–H groups in total. The second kappa shape index (κ2) is 7.66. The Balaban J connectivity index is 2.03. The number of carbonyl (C=O) groups excluding carboxylic acids is 3. The Bertz CT molecular complexity index is 630. The molecule has 0 aliphatic carbocycles. The van der Waals surface area contributed by atoms with Gasteiger partial charge in [0.15, 0.2) is 0 Å². The monoisotopic (exact) mass is 351 g/mol. The van der Waals surface area contributed by atoms with Gasteiger partial charge in [-0.2, -0.15) is 0 Å². The Labute approximate surface area is 147 Å². The fourth-order valence-corrected chi connectivity index (χ4v) is 2.66. The van der Waals surface area contributed by atoms with Gasteiger partial charge >= 0.3 is 0 Å². The molecule has 3 amide bonds. The molecule has 1 aliphatic heterocycles. The van der Waals surface area contributed by atoms with Crippen LogP contribution in [0.4, 0.5) is 5.69 Å². The first-order chi connectivity index (χ1) is 11.3. The van der Waals surface area contributed by atoms with Gasteiger partial charge in [0.2, 0.25) is 17.7 Å². The summed E-state index contributed by atoms with van der Waals surface area (Å²) in [4.78, 5) is 41.2. The van der Waals surface area contributed by atoms with Crippen LogP contribution in [0.3, 0.4) is 0 Å². The molecule has 24 heavy (non-hydrogen) atoms. The third kappa shape index (κ3) is 4.06. The van der Waals surface area contributed by atoms with Crippen molar-refractivity contribution >= 4 is 35.0 Å². The van der Waals surface area contributed by atoms with E-state index in [9.17, 15) is 14.4 Å². The largest absolute Gasteiger partial charge is 0.333 e. The fourth-order valence-electron chi connectivity index (χ4n) is 2.54. The number of rotatable bonds is 5. The highest BCUT2D eigenvalue weighted by Gasteiger charge is 2.32. The lowest BCUT2D eigenvalue weighted by molar-refractivity contribution is -0.141. The third-order valence-electron chi connectivity index (χ3n) is 3.94. The van der Waals surface area contributed by atoms with E-state index in [0.29, 0.717) is 17.3 Å². The van der Waals surface area contributed by atoms with E-state index in [4.69, 9.17) is 11.6 Å². The summed E-state index contributed by atoms with van der Waals surface area (Å²) in [5.41, 5.74) is 0.699. The molecule has 1 saturated heterocycles. The minimum Gasteiger partial charge on any atom is -0.333 e. The van der Waals surface area contributed by atoms with Gasteiger partial charge in [-0.25, -0.2) is 0 Å². The second-order valence-corrected chi connectivity index (χ2v) is 6.47. The predicted octanol–water partition coefficient (Wildman–Crippen LogP) is 1.98. The van der Waals surface area contributed by atoms with Gasteiger partial charge in [0.25, 0.3) is 0 Å². The van der Waals surface area contributed by atoms with Crippen LogP contribution in [-0.4, -0.2) is 53.8 Å². The molecule has 2 rings (SSSR count). The molecular weight excluding hydrogens is 330 g/mol. The highest BCUT2D eigenvalue weighted by atomic mass is 35.5. The normalized spacial score (nSPS) is 14.5. The van der Waals surface area contributed by atoms with E-state index >= 15 is 0 Å². The molecule has 1 aromatic rings. The summed E-state index contributed by atoms with van der Waals surface area (Å²) in [6.45, 7) is 6.11. The summed E-state index contributed by atoms with van der Waals surface area (Å²) in [7, 11) is 0. The molecule has 0 spiro atoms. The number of hydrogen-bond donors (Lipinski definition) is 0. The Kier molecular flexibility index (Phi) is 5.83. The van der Waals surface area contributed by atoms with E-state index in [-0.39, 0.29) is 43.4 Å². The average Bonchev–Trinajstić information content (AvgIpc) is 2.94. The van der Waals surface area contributed by atoms with E-state index < -0.39 is 0 Å². The Morgan fingerprint density at radius 3 is 2.42 bits per heavy atom. The lowest BCUT2D eigenvalue weighted by Gasteiger charge is -2.25. The van der Waals surface area contributed by atoms with Crippen molar-refractivity contribution < 1.29 is 14.4 Å². The zero-order valence-corrected chi connectivity index (χ0v) is 14.9. The van der Waals surface area contributed by atoms with Gasteiger partial charge in [-0.15, -0.1) is 0 Å². The lowest BCUT2D eigenvalue weighted by Crippen LogP contribution is -2.44. The van der Waals surface area contributed by atoms with Crippen LogP contribution in [-0.2, 0) is 14.4 Å². The number of carbonyl (C=O) groups is 3. The molecule has 1 heterocycles. The molecule has 1 aliphatic rings. The number of benzene rings is 1. The van der Waals surface area contributed by atoms with Crippen molar-refractivity contribution in [3.63, 3.8) is 0 Å². The Morgan fingerprint density at radius 2 is 1.88 bits per heavy atom. The minimum absolute atomic E-state index is 0.00471. The number of amides is 3. The predicted molar refractivity (Wildman–Crippen MR) is 92.6 cm³/mol. The summed E-state index contributed by atoms with van der Waals surface area (Å²) in [6.07, 6.45) is 0. The van der Waals surface area contributed by atoms with Crippen molar-refractivity contribution in [1.82, 2.24) is 9.80 Å². The standard InChI is InChI=1S/C17H22ClN3O3/c1-4-19(17(24)12(2)3)9-15(22)20-10-16(23)21(11-20)14-7-5-13(18)6-8-14/h5-8,12H,4,9-11H2,1-3H3. The van der Waals surface area contributed by atoms with Crippen LogP contribution in [0.2, 0.25) is 5.02 Å². The maximum absolute atomic E-state index is 12.5. The summed E-state index contributed by atoms with van der Waals surface area (Å²) < 4.78 is 0. The quantitative estimate of drug-likeness (QED) is 0.815. The van der Waals surface area contributed by atoms with Crippen molar-refractivity contribution in [2.45, 2.75) is 20.8 Å². The van der Waals surface area contributed by atoms with Crippen molar-refractivity contribution in [2.75, 3.05) is 31.2 Å². The van der Waals surface area contributed by atoms with Gasteiger partial charge in [-0.1, -0.05) is 25.4 Å². The Morgan fingerprint density at radius 1 is 1.25 bits per heavy atom. The molecule has 0 saturated carbocycles. The van der Waals surface area contributed by atoms with Gasteiger partial charge in [0.1, 0.15) is 13.2 Å². The lowest BCUT2D eigenvalue weighted by atomic mass is 10.2. The maximum Gasteiger partial charge on any atom is 0.248 e. The summed E-state index contributed by atoms with van der Waals surface area (Å²) in [5, 5.41) is 0.587. The number of halogens is 1. The van der Waals surface area contributed by atoms with Gasteiger partial charge < -0.3 is 9.80 Å². The van der Waals surface area contributed by atoms with Crippen molar-refractivity contribution in [2.24, 2.45) is 5.92 Å². The number of anilines is 1. The molecule has 0 aromatic heterocycles. The highest BCUT2D eigenvalue weighted by molar-refractivity contribution is 6.30. The molecule has 1 aromatic carbocycles. The zero-order chi connectivity index (χ0) is 17.9. The number of likely N-dealkylation sites (N-methyl/N-ethyl adjacent to an activating group) is 1. The Hall–Kier alpha value is -2.08. The van der Waals surface area contributed by atoms with Gasteiger partial charge in [0.05, 0.1) is 6.54 Å². The smallest absolute Gasteiger partial charge is 0.248 e. The van der Waals surface area contributed by atoms with Gasteiger partial charge in [-0.3, -0.25) is 19.3 Å². The van der Waals surface area contributed by atoms with E-state index in [1.54, 1.807) is 38.1 Å². The van der Waals surface area contributed by atoms with Crippen LogP contribution < -0.4 is 4.90 Å². The molecule has 0 radical (unpaired) electrons. The van der Waals surface area contributed by atoms with Crippen LogP contribution in [0.25, 0.3) is 0 Å². The molecule has 0 atom stereocenters. The van der Waals surface area contributed by atoms with Crippen LogP contribution in [0.1, 0.15) is 20.8 Å². The molecular formula is C17H22ClN3O3. The summed E-state index contributed by atoms with van der Waals surface area (Å²) in [5.74, 6) is -0.603. The van der Waals surface area contributed by atoms with Crippen molar-refractivity contribution in [3.05, 3.63) is 29.3 Å². The second-order valence-electron chi connectivity index (χ2n) is 6.04. The van der Waals surface area contributed by atoms with Crippen LogP contribution in [0, 0.1) is 5.92 Å². The molecule has 7 heteroatoms. The number of nitrogens with zero attached hydrogens (tertiary/aromatic N) is 3. The first-order valence-corrected chi connectivity index (χ1v) is 8.33. The first-order valence-electron chi connectivity index (χ1n) is 7.96. The molecule has 130 valence electrons. The van der Waals surface area contributed by atoms with E-state index in [0.717, 1.165) is 0 Å². The summed E-state index contributed by atoms with van der Waals surface area (Å²) >= 11 is 5.86. The van der Waals surface area contributed by atoms with E-state index in [1.165, 1.54) is 14.7 Å². The number of hydrogen-bond acceptors (Lipinski definition) is 3. The third-order valence-corrected chi connectivity index (χ3v) is 4.20. The van der Waals surface area contributed by atoms with Gasteiger partial charge in [-0.05, 0) is 31.2 Å². The first kappa shape index (κ1) is 18.3. The van der Waals surface area contributed by atoms with Crippen molar-refractivity contribution in [3.8, 4) is 0 Å². The zero-order valence-electron chi connectivity index (χ0n) is 14.2. The van der Waals surface area contributed by atoms with Crippen molar-refractivity contribution in [1.29, 1.82) is 0 Å². The molecule has 6 nitrogen and oxygen atoms in total. The SMILES string of the molecule is CCN(CC(=O)N1CC(=O)N(c2ccc(Cl)cc2)C1)C(=O)C(C)C.